The molecule has 80 heavy (non-hydrogen) atoms. The first-order valence-electron chi connectivity index (χ1n) is 28.5. The molecule has 1 unspecified atom stereocenters. The number of likely N-dealkylation sites (tertiary alicyclic amines) is 3. The third-order valence-corrected chi connectivity index (χ3v) is 15.4. The highest BCUT2D eigenvalue weighted by atomic mass is 16.6. The van der Waals surface area contributed by atoms with Gasteiger partial charge in [-0.1, -0.05) is 78.2 Å². The van der Waals surface area contributed by atoms with Crippen LogP contribution in [0.1, 0.15) is 151 Å². The van der Waals surface area contributed by atoms with Crippen LogP contribution in [0.15, 0.2) is 42.6 Å². The van der Waals surface area contributed by atoms with E-state index in [0.29, 0.717) is 32.1 Å². The predicted octanol–water partition coefficient (Wildman–Crippen LogP) is 5.75. The highest BCUT2D eigenvalue weighted by molar-refractivity contribution is 6.01. The third kappa shape index (κ3) is 17.5. The lowest BCUT2D eigenvalue weighted by molar-refractivity contribution is -0.149. The molecule has 9 atom stereocenters. The average Bonchev–Trinajstić information content (AvgIpc) is 4.25. The number of amides is 6. The van der Waals surface area contributed by atoms with E-state index in [2.05, 4.69) is 25.7 Å². The Balaban J connectivity index is 1.34. The maximum absolute atomic E-state index is 14.8. The number of aromatic nitrogens is 1. The summed E-state index contributed by atoms with van der Waals surface area (Å²) in [4.78, 5) is 158. The molecule has 3 fully saturated rings. The van der Waals surface area contributed by atoms with Crippen molar-refractivity contribution in [1.29, 1.82) is 0 Å². The van der Waals surface area contributed by atoms with Crippen LogP contribution in [0.5, 0.6) is 0 Å². The standard InChI is InChI=1S/C59H85N7O14/c1-10-12-21-43(61-52(71)37(19-13-16-25-51(70)79-9)30-50(69)48-31-39(67)34-66(48)58(78)80-59(6,7)8)49(68)32-41(36(5)11-2)53(72)62-44(28-35(3)4)55(74)64-26-17-23-46(64)54(73)63-45(56(75)65-27-18-24-47(65)57(76)77)29-38-33-60-42-22-15-14-20-40(38)42/h14-16,20,22,25,33,35-37,41,43-48,60H,10-13,17-19,21,23-24,26-32,34H2,1-9H3,(H,61,71)(H,62,72)(H,63,73)(H,76,77)/b25-16+/t36?,37-,41+,43+,44+,45+,46+,47+,48+/m1/s1. The summed E-state index contributed by atoms with van der Waals surface area (Å²) < 4.78 is 10.2. The number of Topliss-reactive ketones (excluding diaryl/α,β-unsaturated/α-hetero) is 3. The number of carboxylic acid groups (broad SMARTS) is 1. The number of nitrogens with zero attached hydrogens (tertiary/aromatic N) is 3. The number of carbonyl (C=O) groups is 11. The molecule has 0 aliphatic carbocycles. The average molecular weight is 1120 g/mol. The molecule has 0 spiro atoms. The van der Waals surface area contributed by atoms with Gasteiger partial charge in [-0.2, -0.15) is 0 Å². The van der Waals surface area contributed by atoms with E-state index < -0.39 is 119 Å². The van der Waals surface area contributed by atoms with Crippen LogP contribution in [0.2, 0.25) is 0 Å². The number of hydrogen-bond acceptors (Lipinski definition) is 13. The number of ketones is 3. The highest BCUT2D eigenvalue weighted by Gasteiger charge is 2.44. The number of hydrogen-bond donors (Lipinski definition) is 5. The van der Waals surface area contributed by atoms with Crippen LogP contribution < -0.4 is 16.0 Å². The van der Waals surface area contributed by atoms with E-state index >= 15 is 0 Å². The van der Waals surface area contributed by atoms with Crippen LogP contribution >= 0.6 is 0 Å². The number of benzene rings is 1. The van der Waals surface area contributed by atoms with Gasteiger partial charge in [0.15, 0.2) is 17.3 Å². The molecule has 0 radical (unpaired) electrons. The van der Waals surface area contributed by atoms with Gasteiger partial charge in [0, 0.05) is 73.8 Å². The van der Waals surface area contributed by atoms with Gasteiger partial charge in [0.25, 0.3) is 0 Å². The van der Waals surface area contributed by atoms with E-state index in [9.17, 15) is 57.8 Å². The van der Waals surface area contributed by atoms with Crippen molar-refractivity contribution in [3.05, 3.63) is 48.2 Å². The number of aromatic amines is 1. The smallest absolute Gasteiger partial charge is 0.411 e. The van der Waals surface area contributed by atoms with Crippen molar-refractivity contribution in [2.75, 3.05) is 26.7 Å². The number of esters is 1. The number of fused-ring (bicyclic) bond motifs is 1. The minimum Gasteiger partial charge on any atom is -0.480 e. The quantitative estimate of drug-likeness (QED) is 0.0501. The van der Waals surface area contributed by atoms with Gasteiger partial charge in [-0.15, -0.1) is 0 Å². The van der Waals surface area contributed by atoms with Crippen molar-refractivity contribution in [1.82, 2.24) is 35.6 Å². The van der Waals surface area contributed by atoms with Crippen LogP contribution in [0.4, 0.5) is 4.79 Å². The zero-order valence-corrected chi connectivity index (χ0v) is 48.1. The monoisotopic (exact) mass is 1120 g/mol. The van der Waals surface area contributed by atoms with Crippen LogP contribution in [0, 0.1) is 23.7 Å². The van der Waals surface area contributed by atoms with Crippen molar-refractivity contribution >= 4 is 75.8 Å². The molecule has 3 aliphatic rings. The topological polar surface area (TPSA) is 288 Å². The van der Waals surface area contributed by atoms with Crippen LogP contribution in [0.3, 0.4) is 0 Å². The zero-order chi connectivity index (χ0) is 59.0. The summed E-state index contributed by atoms with van der Waals surface area (Å²) in [6.07, 6.45) is 6.44. The number of aliphatic carboxylic acids is 1. The number of nitrogens with one attached hydrogen (secondary N) is 4. The third-order valence-electron chi connectivity index (χ3n) is 15.4. The molecule has 0 saturated carbocycles. The van der Waals surface area contributed by atoms with Gasteiger partial charge < -0.3 is 45.3 Å². The van der Waals surface area contributed by atoms with E-state index in [0.717, 1.165) is 21.4 Å². The molecular formula is C59H85N7O14. The van der Waals surface area contributed by atoms with Gasteiger partial charge >= 0.3 is 18.0 Å². The second-order valence-electron chi connectivity index (χ2n) is 23.1. The summed E-state index contributed by atoms with van der Waals surface area (Å²) in [6, 6.07) is 0.913. The summed E-state index contributed by atoms with van der Waals surface area (Å²) in [7, 11) is 1.22. The molecule has 0 bridgehead atoms. The van der Waals surface area contributed by atoms with Gasteiger partial charge in [0.1, 0.15) is 35.8 Å². The molecule has 3 saturated heterocycles. The van der Waals surface area contributed by atoms with E-state index in [1.54, 1.807) is 27.0 Å². The summed E-state index contributed by atoms with van der Waals surface area (Å²) in [5.41, 5.74) is 0.651. The molecule has 3 aliphatic heterocycles. The molecule has 5 N–H and O–H groups in total. The second kappa shape index (κ2) is 29.5. The number of rotatable bonds is 28. The van der Waals surface area contributed by atoms with Gasteiger partial charge in [0.2, 0.25) is 29.5 Å². The van der Waals surface area contributed by atoms with E-state index in [-0.39, 0.29) is 95.0 Å². The second-order valence-corrected chi connectivity index (χ2v) is 23.1. The van der Waals surface area contributed by atoms with Crippen LogP contribution in [0.25, 0.3) is 10.9 Å². The van der Waals surface area contributed by atoms with Crippen LogP contribution in [-0.2, 0) is 63.8 Å². The molecule has 4 heterocycles. The number of carboxylic acids is 1. The van der Waals surface area contributed by atoms with Crippen molar-refractivity contribution in [2.24, 2.45) is 23.7 Å². The van der Waals surface area contributed by atoms with E-state index in [4.69, 9.17) is 4.74 Å². The number of ether oxygens (including phenoxy) is 2. The molecular weight excluding hydrogens is 1030 g/mol. The molecule has 440 valence electrons. The van der Waals surface area contributed by atoms with Crippen molar-refractivity contribution in [2.45, 2.75) is 194 Å². The minimum atomic E-state index is -1.18. The van der Waals surface area contributed by atoms with E-state index in [1.807, 2.05) is 58.9 Å². The fourth-order valence-electron chi connectivity index (χ4n) is 10.9. The number of unbranched alkanes of at least 4 members (excludes halogenated alkanes) is 1. The Kier molecular flexibility index (Phi) is 23.6. The largest absolute Gasteiger partial charge is 0.480 e. The summed E-state index contributed by atoms with van der Waals surface area (Å²) in [5.74, 6) is -8.43. The van der Waals surface area contributed by atoms with Crippen LogP contribution in [-0.4, -0.2) is 158 Å². The molecule has 1 aromatic carbocycles. The zero-order valence-electron chi connectivity index (χ0n) is 48.1. The Bertz CT molecular complexity index is 2600. The first-order chi connectivity index (χ1) is 37.9. The fraction of sp³-hybridized carbons (Fsp3) is 0.644. The highest BCUT2D eigenvalue weighted by Crippen LogP contribution is 2.29. The first kappa shape index (κ1) is 63.9. The minimum absolute atomic E-state index is 0.0467. The maximum atomic E-state index is 14.8. The van der Waals surface area contributed by atoms with E-state index in [1.165, 1.54) is 29.1 Å². The SMILES string of the molecule is CCCC[C@H](NC(=O)[C@H](CC/C=C/C(=O)OC)CC(=O)[C@@H]1CC(=O)CN1C(=O)OC(C)(C)C)C(=O)C[C@H](C(=O)N[C@@H](CC(C)C)C(=O)N1CCC[C@H]1C(=O)N[C@@H](Cc1c[nH]c2ccccc12)C(=O)N1CCC[C@H]1C(=O)O)C(C)CC. The van der Waals surface area contributed by atoms with Crippen molar-refractivity contribution in [3.8, 4) is 0 Å². The summed E-state index contributed by atoms with van der Waals surface area (Å²) >= 11 is 0. The Morgan fingerprint density at radius 1 is 0.812 bits per heavy atom. The summed E-state index contributed by atoms with van der Waals surface area (Å²) in [6.45, 7) is 14.4. The molecule has 2 aromatic rings. The Morgan fingerprint density at radius 3 is 2.10 bits per heavy atom. The maximum Gasteiger partial charge on any atom is 0.411 e. The first-order valence-corrected chi connectivity index (χ1v) is 28.5. The Hall–Kier alpha value is -6.93. The lowest BCUT2D eigenvalue weighted by Gasteiger charge is -2.33. The molecule has 21 heteroatoms. The number of carbonyl (C=O) groups excluding carboxylic acids is 10. The van der Waals surface area contributed by atoms with Gasteiger partial charge in [-0.05, 0) is 95.6 Å². The number of H-pyrrole nitrogens is 1. The molecule has 21 nitrogen and oxygen atoms in total. The fourth-order valence-corrected chi connectivity index (χ4v) is 10.9. The van der Waals surface area contributed by atoms with Crippen molar-refractivity contribution in [3.63, 3.8) is 0 Å². The molecule has 6 amide bonds. The van der Waals surface area contributed by atoms with Gasteiger partial charge in [0.05, 0.1) is 19.7 Å². The normalized spacial score (nSPS) is 19.8. The number of para-hydroxylation sites is 1. The summed E-state index contributed by atoms with van der Waals surface area (Å²) in [5, 5.41) is 19.6. The number of allylic oxidation sites excluding steroid dienone is 1. The molecule has 5 rings (SSSR count). The molecule has 1 aromatic heterocycles. The Morgan fingerprint density at radius 2 is 1.46 bits per heavy atom. The lowest BCUT2D eigenvalue weighted by atomic mass is 9.84. The predicted molar refractivity (Wildman–Crippen MR) is 296 cm³/mol. The van der Waals surface area contributed by atoms with Crippen molar-refractivity contribution < 1.29 is 67.3 Å². The lowest BCUT2D eigenvalue weighted by Crippen LogP contribution is -2.58. The van der Waals surface area contributed by atoms with Gasteiger partial charge in [-0.3, -0.25) is 43.3 Å². The Labute approximate surface area is 469 Å². The number of methoxy groups -OCH3 is 1. The van der Waals surface area contributed by atoms with Gasteiger partial charge in [-0.25, -0.2) is 14.4 Å².